The van der Waals surface area contributed by atoms with Crippen molar-refractivity contribution in [1.82, 2.24) is 123 Å². The molecular weight excluding hydrogens is 1760 g/mol. The summed E-state index contributed by atoms with van der Waals surface area (Å²) in [5.41, 5.74) is 22.7. The van der Waals surface area contributed by atoms with Crippen molar-refractivity contribution in [2.75, 3.05) is 86.5 Å². The minimum Gasteiger partial charge on any atom is -0.462 e. The molecule has 17 aromatic rings. The summed E-state index contributed by atoms with van der Waals surface area (Å²) in [7, 11) is 0.914. The van der Waals surface area contributed by atoms with Crippen LogP contribution in [0.2, 0.25) is 0 Å². The maximum absolute atomic E-state index is 12.8. The van der Waals surface area contributed by atoms with Crippen molar-refractivity contribution in [3.05, 3.63) is 223 Å². The third-order valence-electron chi connectivity index (χ3n) is 22.3. The summed E-state index contributed by atoms with van der Waals surface area (Å²) in [5.74, 6) is 2.19. The normalized spacial score (nSPS) is 14.3. The van der Waals surface area contributed by atoms with Gasteiger partial charge in [-0.05, 0) is 175 Å². The van der Waals surface area contributed by atoms with Gasteiger partial charge >= 0.3 is 5.97 Å². The number of nitrogens with one attached hydrogen (secondary N) is 8. The molecule has 40 heteroatoms. The van der Waals surface area contributed by atoms with Crippen molar-refractivity contribution in [3.8, 4) is 45.0 Å². The van der Waals surface area contributed by atoms with Crippen molar-refractivity contribution in [2.45, 2.75) is 80.9 Å². The smallest absolute Gasteiger partial charge is 0.348 e. The Morgan fingerprint density at radius 1 is 0.450 bits per heavy atom. The monoisotopic (exact) mass is 1850 g/mol. The number of esters is 1. The van der Waals surface area contributed by atoms with E-state index >= 15 is 0 Å². The Morgan fingerprint density at radius 3 is 1.15 bits per heavy atom. The molecule has 0 radical (unpaired) electrons. The van der Waals surface area contributed by atoms with Crippen molar-refractivity contribution in [2.24, 2.45) is 28.2 Å². The van der Waals surface area contributed by atoms with E-state index in [0.717, 1.165) is 201 Å². The van der Waals surface area contributed by atoms with Crippen LogP contribution in [-0.4, -0.2) is 195 Å². The van der Waals surface area contributed by atoms with Gasteiger partial charge in [-0.25, -0.2) is 61.5 Å². The molecule has 21 rings (SSSR count). The van der Waals surface area contributed by atoms with Crippen LogP contribution in [0.25, 0.3) is 101 Å². The number of hydrogen-bond acceptors (Lipinski definition) is 30. The van der Waals surface area contributed by atoms with Crippen molar-refractivity contribution < 1.29 is 26.4 Å². The number of ether oxygens (including phenoxy) is 1. The molecule has 0 bridgehead atoms. The molecule has 1 aromatic carbocycles. The quantitative estimate of drug-likeness (QED) is 0.0310. The van der Waals surface area contributed by atoms with Crippen molar-refractivity contribution >= 4 is 159 Å². The molecule has 0 saturated carbocycles. The number of thiophene rings is 3. The zero-order chi connectivity index (χ0) is 90.9. The average molecular weight is 1850 g/mol. The van der Waals surface area contributed by atoms with Crippen LogP contribution in [0.3, 0.4) is 0 Å². The molecule has 4 aliphatic rings. The van der Waals surface area contributed by atoms with Gasteiger partial charge in [0.1, 0.15) is 13.3 Å². The molecule has 0 saturated heterocycles. The molecule has 35 nitrogen and oxygen atoms in total. The molecule has 8 N–H and O–H groups in total. The highest BCUT2D eigenvalue weighted by Crippen LogP contribution is 2.40. The van der Waals surface area contributed by atoms with Crippen LogP contribution in [0.5, 0.6) is 0 Å². The average Bonchev–Trinajstić information content (AvgIpc) is 1.55. The lowest BCUT2D eigenvalue weighted by Crippen LogP contribution is -2.22. The lowest BCUT2D eigenvalue weighted by molar-refractivity contribution is 0.0531. The first-order chi connectivity index (χ1) is 63.3. The Bertz CT molecular complexity index is 7590. The van der Waals surface area contributed by atoms with Gasteiger partial charge in [-0.15, -0.1) is 34.0 Å². The standard InChI is InChI=1S/C24H22N8.C23H27N7O2S2.C23H25N7O2S.C21H23N7O2S2/c1-31-14-18(12-28-31)22-13-27-24-23(29-19-6-7-20-16(10-19)4-3-9-26-20)30-21(15-32(22)24)17-5-2-8-25-11-17;1-14(2)34(31,32)23-15(3)8-20(33-23)28-21-22-25-11-19(17-10-26-29(4)12-17)30(22)13-18(27-21)16-6-5-7-24-9-16;1-4-32-23(31)20-14(2)8-19(33-20)28-21-22-25-11-18(16-10-26-29(3)12-16)30(22)13-17(27-21)15-6-5-7-24-9-15;1-13-7-18(31-21(13)32(3,29)30)26-19-20-23-10-17(15-9-24-27(2)11-15)28(20)12-16(25-19)14-5-4-6-22-8-14/h3-7,9-10,12-15,25H,2,8,11H2,1H3,(H,29,30);6,8,10-14,24H,5,7,9H2,1-4H3,(H,27,28);6,8,10-13,24H,4-5,7,9H2,1-3H3,(H,27,28);5,7,9-12,22H,4,6,8H2,1-3H3,(H,25,26). The van der Waals surface area contributed by atoms with Gasteiger partial charge in [-0.2, -0.15) is 20.4 Å². The second-order valence-electron chi connectivity index (χ2n) is 32.4. The molecule has 20 heterocycles. The van der Waals surface area contributed by atoms with Gasteiger partial charge in [-0.1, -0.05) is 30.4 Å². The Hall–Kier alpha value is -13.6. The van der Waals surface area contributed by atoms with E-state index in [-0.39, 0.29) is 5.97 Å². The van der Waals surface area contributed by atoms with Gasteiger partial charge in [0.15, 0.2) is 65.5 Å². The third-order valence-corrected chi connectivity index (χ3v) is 30.5. The number of anilines is 8. The molecule has 672 valence electrons. The van der Waals surface area contributed by atoms with Gasteiger partial charge in [0.05, 0.1) is 128 Å². The largest absolute Gasteiger partial charge is 0.462 e. The summed E-state index contributed by atoms with van der Waals surface area (Å²) in [4.78, 5) is 55.6. The zero-order valence-electron chi connectivity index (χ0n) is 73.9. The van der Waals surface area contributed by atoms with Crippen LogP contribution in [0.1, 0.15) is 95.6 Å². The van der Waals surface area contributed by atoms with Crippen LogP contribution < -0.4 is 42.5 Å². The predicted octanol–water partition coefficient (Wildman–Crippen LogP) is 14.4. The van der Waals surface area contributed by atoms with Gasteiger partial charge in [0.25, 0.3) is 0 Å². The topological polar surface area (TPSA) is 396 Å². The highest BCUT2D eigenvalue weighted by Gasteiger charge is 2.29. The lowest BCUT2D eigenvalue weighted by atomic mass is 10.1. The molecule has 131 heavy (non-hydrogen) atoms. The number of aromatic nitrogens is 21. The maximum atomic E-state index is 12.8. The Kier molecular flexibility index (Phi) is 25.2. The van der Waals surface area contributed by atoms with Crippen LogP contribution in [0.15, 0.2) is 187 Å². The fourth-order valence-corrected chi connectivity index (χ4v) is 22.2. The molecule has 0 unspecified atom stereocenters. The number of carbonyl (C=O) groups excluding carboxylic acids is 1. The second-order valence-corrected chi connectivity index (χ2v) is 40.5. The summed E-state index contributed by atoms with van der Waals surface area (Å²) < 4.78 is 70.9. The number of fused-ring (bicyclic) bond motifs is 5. The molecule has 4 aliphatic heterocycles. The van der Waals surface area contributed by atoms with E-state index in [9.17, 15) is 21.6 Å². The third kappa shape index (κ3) is 19.0. The van der Waals surface area contributed by atoms with Gasteiger partial charge < -0.3 is 47.3 Å². The van der Waals surface area contributed by atoms with Crippen LogP contribution in [0.4, 0.5) is 44.0 Å². The number of hydrogen-bond donors (Lipinski definition) is 8. The second kappa shape index (κ2) is 37.5. The van der Waals surface area contributed by atoms with E-state index in [4.69, 9.17) is 29.7 Å². The highest BCUT2D eigenvalue weighted by molar-refractivity contribution is 7.94. The first-order valence-corrected chi connectivity index (χ1v) is 48.6. The lowest BCUT2D eigenvalue weighted by Gasteiger charge is -2.16. The minimum atomic E-state index is -3.37. The fraction of sp³-hybridized carbons (Fsp3) is 0.275. The number of aryl methyl sites for hydroxylation is 7. The number of sulfone groups is 2. The van der Waals surface area contributed by atoms with Gasteiger partial charge in [-0.3, -0.25) is 41.3 Å². The summed E-state index contributed by atoms with van der Waals surface area (Å²) in [6, 6.07) is 15.7. The van der Waals surface area contributed by atoms with Crippen LogP contribution in [0, 0.1) is 20.8 Å². The molecular formula is C91H97N29O6S5. The number of rotatable bonds is 21. The molecule has 0 fully saturated rings. The summed E-state index contributed by atoms with van der Waals surface area (Å²) in [5, 5.41) is 47.3. The number of nitrogens with zero attached hydrogens (tertiary/aromatic N) is 21. The fourth-order valence-electron chi connectivity index (χ4n) is 15.8. The minimum absolute atomic E-state index is 0.307. The number of carbonyl (C=O) groups is 1. The van der Waals surface area contributed by atoms with Crippen LogP contribution >= 0.6 is 34.0 Å². The molecule has 16 aromatic heterocycles. The van der Waals surface area contributed by atoms with Crippen molar-refractivity contribution in [3.63, 3.8) is 0 Å². The first-order valence-electron chi connectivity index (χ1n) is 42.8. The summed E-state index contributed by atoms with van der Waals surface area (Å²) in [6.45, 7) is 18.0. The molecule has 0 atom stereocenters. The number of benzene rings is 1. The van der Waals surface area contributed by atoms with Crippen molar-refractivity contribution in [1.29, 1.82) is 0 Å². The summed E-state index contributed by atoms with van der Waals surface area (Å²) >= 11 is 3.79. The van der Waals surface area contributed by atoms with E-state index in [1.54, 1.807) is 65.0 Å². The SMILES string of the molecule is CCOC(=O)c1sc(Nc2nc(C3=CCCNC3)cn3c(-c4cnn(C)c4)cnc23)cc1C.Cc1cc(Nc2nc(C3=CCCNC3)cn3c(-c4cnn(C)c4)cnc23)sc1S(=O)(=O)C(C)C.Cc1cc(Nc2nc(C3=CCCNC3)cn3c(-c4cnn(C)c4)cnc23)sc1S(C)(=O)=O.Cn1cc(-c2cnc3c(Nc4ccc5ncccc5c4)nc(C4=CCCNC4)cn23)cn1. The van der Waals surface area contributed by atoms with Crippen LogP contribution in [-0.2, 0) is 52.6 Å². The molecule has 0 spiro atoms. The Balaban J connectivity index is 0.000000117. The highest BCUT2D eigenvalue weighted by atomic mass is 32.2. The number of pyridine rings is 1. The predicted molar refractivity (Wildman–Crippen MR) is 516 cm³/mol. The van der Waals surface area contributed by atoms with E-state index in [1.165, 1.54) is 45.8 Å². The number of imidazole rings is 4. The molecule has 0 amide bonds. The Labute approximate surface area is 766 Å². The molecule has 0 aliphatic carbocycles. The maximum Gasteiger partial charge on any atom is 0.348 e. The van der Waals surface area contributed by atoms with E-state index in [1.807, 2.05) is 172 Å². The van der Waals surface area contributed by atoms with Gasteiger partial charge in [0.2, 0.25) is 0 Å². The van der Waals surface area contributed by atoms with E-state index < -0.39 is 24.9 Å². The van der Waals surface area contributed by atoms with Gasteiger partial charge in [0, 0.05) is 150 Å². The zero-order valence-corrected chi connectivity index (χ0v) is 78.0. The summed E-state index contributed by atoms with van der Waals surface area (Å²) in [6.07, 6.45) is 46.3. The Morgan fingerprint density at radius 2 is 0.809 bits per heavy atom. The van der Waals surface area contributed by atoms with E-state index in [0.29, 0.717) is 75.7 Å². The van der Waals surface area contributed by atoms with E-state index in [2.05, 4.69) is 130 Å². The first kappa shape index (κ1) is 88.1.